The van der Waals surface area contributed by atoms with Crippen molar-refractivity contribution in [2.24, 2.45) is 0 Å². The lowest BCUT2D eigenvalue weighted by Gasteiger charge is -2.29. The third kappa shape index (κ3) is 5.08. The van der Waals surface area contributed by atoms with E-state index in [1.807, 2.05) is 0 Å². The third-order valence-electron chi connectivity index (χ3n) is 12.2. The topological polar surface area (TPSA) is 3.24 Å². The van der Waals surface area contributed by atoms with Crippen molar-refractivity contribution >= 4 is 60.2 Å². The summed E-state index contributed by atoms with van der Waals surface area (Å²) in [5, 5.41) is 10.2. The highest BCUT2D eigenvalue weighted by atomic mass is 15.1. The molecule has 1 aliphatic rings. The molecule has 264 valence electrons. The summed E-state index contributed by atoms with van der Waals surface area (Å²) in [5.41, 5.74) is 13.5. The highest BCUT2D eigenvalue weighted by Gasteiger charge is 2.35. The molecule has 0 N–H and O–H groups in total. The Balaban J connectivity index is 1.04. The first-order valence-corrected chi connectivity index (χ1v) is 19.6. The third-order valence-corrected chi connectivity index (χ3v) is 12.2. The van der Waals surface area contributed by atoms with Crippen LogP contribution in [0.5, 0.6) is 0 Å². The maximum absolute atomic E-state index is 2.44. The summed E-state index contributed by atoms with van der Waals surface area (Å²) in [6, 6.07) is 74.0. The molecule has 10 aromatic rings. The minimum atomic E-state index is -0.0557. The van der Waals surface area contributed by atoms with Gasteiger partial charge in [0.15, 0.2) is 0 Å². The summed E-state index contributed by atoms with van der Waals surface area (Å²) >= 11 is 0. The van der Waals surface area contributed by atoms with Gasteiger partial charge in [0, 0.05) is 22.4 Å². The van der Waals surface area contributed by atoms with Gasteiger partial charge in [-0.1, -0.05) is 172 Å². The Bertz CT molecular complexity index is 3170. The van der Waals surface area contributed by atoms with E-state index in [0.717, 1.165) is 17.1 Å². The van der Waals surface area contributed by atoms with E-state index in [0.29, 0.717) is 0 Å². The van der Waals surface area contributed by atoms with Gasteiger partial charge in [0.05, 0.1) is 5.69 Å². The first-order chi connectivity index (χ1) is 27.5. The Morgan fingerprint density at radius 2 is 0.875 bits per heavy atom. The predicted octanol–water partition coefficient (Wildman–Crippen LogP) is 15.4. The largest absolute Gasteiger partial charge is 0.310 e. The van der Waals surface area contributed by atoms with Crippen molar-refractivity contribution in [3.8, 4) is 33.4 Å². The average Bonchev–Trinajstić information content (AvgIpc) is 3.48. The van der Waals surface area contributed by atoms with Crippen LogP contribution in [-0.4, -0.2) is 0 Å². The van der Waals surface area contributed by atoms with Crippen molar-refractivity contribution in [2.45, 2.75) is 19.3 Å². The van der Waals surface area contributed by atoms with Gasteiger partial charge in [-0.15, -0.1) is 0 Å². The van der Waals surface area contributed by atoms with E-state index in [1.165, 1.54) is 87.6 Å². The second kappa shape index (κ2) is 12.5. The van der Waals surface area contributed by atoms with Crippen molar-refractivity contribution in [1.29, 1.82) is 0 Å². The Labute approximate surface area is 327 Å². The monoisotopic (exact) mass is 713 g/mol. The van der Waals surface area contributed by atoms with Gasteiger partial charge in [0.2, 0.25) is 0 Å². The zero-order chi connectivity index (χ0) is 37.4. The summed E-state index contributed by atoms with van der Waals surface area (Å²) in [5.74, 6) is 0. The van der Waals surface area contributed by atoms with E-state index in [2.05, 4.69) is 219 Å². The van der Waals surface area contributed by atoms with Crippen molar-refractivity contribution in [3.63, 3.8) is 0 Å². The van der Waals surface area contributed by atoms with E-state index in [1.54, 1.807) is 0 Å². The number of hydrogen-bond acceptors (Lipinski definition) is 1. The number of benzene rings is 10. The number of fused-ring (bicyclic) bond motifs is 9. The van der Waals surface area contributed by atoms with Crippen LogP contribution < -0.4 is 4.90 Å². The number of hydrogen-bond donors (Lipinski definition) is 0. The first kappa shape index (κ1) is 32.5. The van der Waals surface area contributed by atoms with Gasteiger partial charge in [-0.3, -0.25) is 0 Å². The number of anilines is 3. The number of rotatable bonds is 5. The van der Waals surface area contributed by atoms with Crippen molar-refractivity contribution in [3.05, 3.63) is 211 Å². The highest BCUT2D eigenvalue weighted by molar-refractivity contribution is 6.17. The molecule has 0 saturated heterocycles. The van der Waals surface area contributed by atoms with Crippen LogP contribution in [0.25, 0.3) is 76.5 Å². The van der Waals surface area contributed by atoms with Crippen molar-refractivity contribution < 1.29 is 0 Å². The van der Waals surface area contributed by atoms with Gasteiger partial charge in [-0.05, 0) is 124 Å². The van der Waals surface area contributed by atoms with Crippen LogP contribution in [0.15, 0.2) is 200 Å². The molecule has 11 rings (SSSR count). The fraction of sp³-hybridized carbons (Fsp3) is 0.0545. The molecule has 1 aliphatic carbocycles. The van der Waals surface area contributed by atoms with Gasteiger partial charge in [-0.2, -0.15) is 0 Å². The van der Waals surface area contributed by atoms with Gasteiger partial charge >= 0.3 is 0 Å². The number of nitrogens with zero attached hydrogens (tertiary/aromatic N) is 1. The summed E-state index contributed by atoms with van der Waals surface area (Å²) < 4.78 is 0. The SMILES string of the molecule is CC1(C)c2ccccc2-c2cc(N(c3ccc(-c4ccc5c(ccc6c7ccccc7ccc56)c4)cc3)c3ccccc3-c3ccc4ccccc4c3)ccc21. The normalized spacial score (nSPS) is 13.0. The lowest BCUT2D eigenvalue weighted by molar-refractivity contribution is 0.660. The second-order valence-electron chi connectivity index (χ2n) is 15.7. The Morgan fingerprint density at radius 1 is 0.321 bits per heavy atom. The Kier molecular flexibility index (Phi) is 7.28. The molecule has 1 nitrogen and oxygen atoms in total. The standard InChI is InChI=1S/C55H39N/c1-55(2)52-17-9-7-16-50(52)51-35-44(28-32-53(51)55)56(54-18-10-8-15-47(54)42-20-19-36-11-3-4-13-39(36)33-42)43-26-21-37(22-27-43)40-24-29-46-41(34-40)25-31-48-45-14-6-5-12-38(45)23-30-49(46)48/h3-35H,1-2H3. The molecule has 0 radical (unpaired) electrons. The molecule has 0 bridgehead atoms. The van der Waals surface area contributed by atoms with Crippen LogP contribution in [0.1, 0.15) is 25.0 Å². The van der Waals surface area contributed by atoms with E-state index in [9.17, 15) is 0 Å². The average molecular weight is 714 g/mol. The second-order valence-corrected chi connectivity index (χ2v) is 15.7. The zero-order valence-electron chi connectivity index (χ0n) is 31.5. The maximum Gasteiger partial charge on any atom is 0.0540 e. The quantitative estimate of drug-likeness (QED) is 0.161. The smallest absolute Gasteiger partial charge is 0.0540 e. The van der Waals surface area contributed by atoms with Crippen LogP contribution in [0.2, 0.25) is 0 Å². The highest BCUT2D eigenvalue weighted by Crippen LogP contribution is 2.51. The Hall–Kier alpha value is -6.96. The first-order valence-electron chi connectivity index (χ1n) is 19.6. The molecule has 10 aromatic carbocycles. The maximum atomic E-state index is 2.44. The molecule has 0 amide bonds. The predicted molar refractivity (Wildman–Crippen MR) is 240 cm³/mol. The Morgan fingerprint density at radius 3 is 1.71 bits per heavy atom. The van der Waals surface area contributed by atoms with E-state index >= 15 is 0 Å². The van der Waals surface area contributed by atoms with Crippen LogP contribution >= 0.6 is 0 Å². The molecule has 0 spiro atoms. The molecule has 0 aromatic heterocycles. The molecular weight excluding hydrogens is 675 g/mol. The summed E-state index contributed by atoms with van der Waals surface area (Å²) in [6.45, 7) is 4.69. The van der Waals surface area contributed by atoms with Gasteiger partial charge in [0.1, 0.15) is 0 Å². The van der Waals surface area contributed by atoms with Crippen molar-refractivity contribution in [1.82, 2.24) is 0 Å². The minimum Gasteiger partial charge on any atom is -0.310 e. The summed E-state index contributed by atoms with van der Waals surface area (Å²) in [6.07, 6.45) is 0. The molecular formula is C55H39N. The molecule has 0 fully saturated rings. The fourth-order valence-corrected chi connectivity index (χ4v) is 9.36. The van der Waals surface area contributed by atoms with Crippen LogP contribution in [0, 0.1) is 0 Å². The van der Waals surface area contributed by atoms with Gasteiger partial charge < -0.3 is 4.90 Å². The molecule has 0 unspecified atom stereocenters. The van der Waals surface area contributed by atoms with Crippen LogP contribution in [-0.2, 0) is 5.41 Å². The fourth-order valence-electron chi connectivity index (χ4n) is 9.36. The van der Waals surface area contributed by atoms with Gasteiger partial charge in [-0.25, -0.2) is 0 Å². The molecule has 0 saturated carbocycles. The molecule has 56 heavy (non-hydrogen) atoms. The molecule has 0 aliphatic heterocycles. The van der Waals surface area contributed by atoms with E-state index in [4.69, 9.17) is 0 Å². The van der Waals surface area contributed by atoms with E-state index < -0.39 is 0 Å². The van der Waals surface area contributed by atoms with E-state index in [-0.39, 0.29) is 5.41 Å². The molecule has 0 atom stereocenters. The summed E-state index contributed by atoms with van der Waals surface area (Å²) in [7, 11) is 0. The van der Waals surface area contributed by atoms with Crippen LogP contribution in [0.4, 0.5) is 17.1 Å². The lowest BCUT2D eigenvalue weighted by atomic mass is 9.82. The lowest BCUT2D eigenvalue weighted by Crippen LogP contribution is -2.15. The zero-order valence-corrected chi connectivity index (χ0v) is 31.5. The molecule has 0 heterocycles. The number of para-hydroxylation sites is 1. The van der Waals surface area contributed by atoms with Crippen molar-refractivity contribution in [2.75, 3.05) is 4.90 Å². The molecule has 1 heteroatoms. The van der Waals surface area contributed by atoms with Gasteiger partial charge in [0.25, 0.3) is 0 Å². The van der Waals surface area contributed by atoms with Crippen LogP contribution in [0.3, 0.4) is 0 Å². The summed E-state index contributed by atoms with van der Waals surface area (Å²) in [4.78, 5) is 2.44. The minimum absolute atomic E-state index is 0.0557.